The monoisotopic (exact) mass is 262 g/mol. The summed E-state index contributed by atoms with van der Waals surface area (Å²) >= 11 is 0. The molecule has 2 aromatic carbocycles. The van der Waals surface area contributed by atoms with Crippen LogP contribution in [0.25, 0.3) is 22.3 Å². The molecule has 0 aliphatic rings. The summed E-state index contributed by atoms with van der Waals surface area (Å²) in [7, 11) is 0. The van der Waals surface area contributed by atoms with Crippen LogP contribution in [0.1, 0.15) is 26.3 Å². The number of benzene rings is 2. The van der Waals surface area contributed by atoms with Gasteiger partial charge in [-0.15, -0.1) is 0 Å². The zero-order chi connectivity index (χ0) is 14.2. The van der Waals surface area contributed by atoms with Gasteiger partial charge in [-0.1, -0.05) is 51.1 Å². The van der Waals surface area contributed by atoms with Gasteiger partial charge < -0.3 is 0 Å². The van der Waals surface area contributed by atoms with Crippen LogP contribution < -0.4 is 0 Å². The number of hydrogen-bond donors (Lipinski definition) is 0. The molecular formula is C18H18N2. The van der Waals surface area contributed by atoms with Gasteiger partial charge in [0.05, 0.1) is 22.9 Å². The molecular weight excluding hydrogens is 244 g/mol. The van der Waals surface area contributed by atoms with Crippen LogP contribution in [-0.4, -0.2) is 9.97 Å². The molecule has 0 bridgehead atoms. The number of nitrogens with zero attached hydrogens (tertiary/aromatic N) is 2. The largest absolute Gasteiger partial charge is 0.252 e. The first-order valence-corrected chi connectivity index (χ1v) is 6.87. The van der Waals surface area contributed by atoms with E-state index in [-0.39, 0.29) is 5.41 Å². The lowest BCUT2D eigenvalue weighted by atomic mass is 9.86. The van der Waals surface area contributed by atoms with Crippen molar-refractivity contribution in [3.63, 3.8) is 0 Å². The molecule has 0 fully saturated rings. The maximum atomic E-state index is 4.71. The minimum Gasteiger partial charge on any atom is -0.252 e. The molecule has 1 aromatic heterocycles. The van der Waals surface area contributed by atoms with Gasteiger partial charge in [-0.05, 0) is 29.2 Å². The molecule has 1 heterocycles. The molecule has 100 valence electrons. The maximum Gasteiger partial charge on any atom is 0.0894 e. The van der Waals surface area contributed by atoms with Crippen LogP contribution in [0.4, 0.5) is 0 Å². The molecule has 0 aliphatic heterocycles. The van der Waals surface area contributed by atoms with E-state index in [4.69, 9.17) is 4.98 Å². The fraction of sp³-hybridized carbons (Fsp3) is 0.222. The summed E-state index contributed by atoms with van der Waals surface area (Å²) in [6, 6.07) is 16.5. The van der Waals surface area contributed by atoms with Crippen molar-refractivity contribution in [2.75, 3.05) is 0 Å². The molecule has 0 radical (unpaired) electrons. The van der Waals surface area contributed by atoms with E-state index in [0.717, 1.165) is 22.3 Å². The molecule has 0 N–H and O–H groups in total. The molecule has 0 unspecified atom stereocenters. The van der Waals surface area contributed by atoms with Gasteiger partial charge in [0.15, 0.2) is 0 Å². The lowest BCUT2D eigenvalue weighted by Crippen LogP contribution is -2.10. The van der Waals surface area contributed by atoms with Crippen molar-refractivity contribution in [2.45, 2.75) is 26.2 Å². The van der Waals surface area contributed by atoms with E-state index in [0.29, 0.717) is 0 Å². The molecule has 0 aliphatic carbocycles. The third-order valence-corrected chi connectivity index (χ3v) is 3.47. The topological polar surface area (TPSA) is 25.8 Å². The van der Waals surface area contributed by atoms with Crippen LogP contribution in [0, 0.1) is 0 Å². The van der Waals surface area contributed by atoms with Crippen molar-refractivity contribution in [3.05, 3.63) is 60.3 Å². The van der Waals surface area contributed by atoms with Gasteiger partial charge in [-0.2, -0.15) is 0 Å². The summed E-state index contributed by atoms with van der Waals surface area (Å²) < 4.78 is 0. The smallest absolute Gasteiger partial charge is 0.0894 e. The summed E-state index contributed by atoms with van der Waals surface area (Å²) in [5.74, 6) is 0. The van der Waals surface area contributed by atoms with Gasteiger partial charge in [0.1, 0.15) is 0 Å². The van der Waals surface area contributed by atoms with Crippen molar-refractivity contribution in [1.82, 2.24) is 9.97 Å². The fourth-order valence-electron chi connectivity index (χ4n) is 2.24. The number of para-hydroxylation sites is 2. The van der Waals surface area contributed by atoms with Gasteiger partial charge in [0, 0.05) is 5.56 Å². The highest BCUT2D eigenvalue weighted by molar-refractivity contribution is 5.76. The molecule has 3 rings (SSSR count). The zero-order valence-corrected chi connectivity index (χ0v) is 12.1. The van der Waals surface area contributed by atoms with Gasteiger partial charge in [-0.25, -0.2) is 4.98 Å². The van der Waals surface area contributed by atoms with E-state index >= 15 is 0 Å². The van der Waals surface area contributed by atoms with Crippen LogP contribution in [-0.2, 0) is 5.41 Å². The van der Waals surface area contributed by atoms with Crippen molar-refractivity contribution in [1.29, 1.82) is 0 Å². The van der Waals surface area contributed by atoms with Crippen molar-refractivity contribution >= 4 is 11.0 Å². The Kier molecular flexibility index (Phi) is 3.01. The normalized spacial score (nSPS) is 11.8. The highest BCUT2D eigenvalue weighted by Gasteiger charge is 2.14. The van der Waals surface area contributed by atoms with Gasteiger partial charge in [0.25, 0.3) is 0 Å². The Morgan fingerprint density at radius 3 is 2.35 bits per heavy atom. The molecule has 2 nitrogen and oxygen atoms in total. The first-order valence-electron chi connectivity index (χ1n) is 6.87. The lowest BCUT2D eigenvalue weighted by Gasteiger charge is -2.19. The Bertz CT molecular complexity index is 754. The Labute approximate surface area is 119 Å². The lowest BCUT2D eigenvalue weighted by molar-refractivity contribution is 0.590. The van der Waals surface area contributed by atoms with E-state index in [2.05, 4.69) is 50.0 Å². The predicted molar refractivity (Wildman–Crippen MR) is 83.7 cm³/mol. The van der Waals surface area contributed by atoms with E-state index in [1.54, 1.807) is 0 Å². The number of fused-ring (bicyclic) bond motifs is 1. The molecule has 2 heteroatoms. The van der Waals surface area contributed by atoms with E-state index in [1.165, 1.54) is 5.56 Å². The Morgan fingerprint density at radius 1 is 0.850 bits per heavy atom. The summed E-state index contributed by atoms with van der Waals surface area (Å²) in [4.78, 5) is 9.19. The van der Waals surface area contributed by atoms with E-state index in [9.17, 15) is 0 Å². The summed E-state index contributed by atoms with van der Waals surface area (Å²) in [5, 5.41) is 0. The zero-order valence-electron chi connectivity index (χ0n) is 12.1. The average molecular weight is 262 g/mol. The van der Waals surface area contributed by atoms with Crippen LogP contribution in [0.3, 0.4) is 0 Å². The van der Waals surface area contributed by atoms with Gasteiger partial charge >= 0.3 is 0 Å². The van der Waals surface area contributed by atoms with Crippen LogP contribution in [0.5, 0.6) is 0 Å². The van der Waals surface area contributed by atoms with Crippen LogP contribution in [0.2, 0.25) is 0 Å². The van der Waals surface area contributed by atoms with E-state index < -0.39 is 0 Å². The summed E-state index contributed by atoms with van der Waals surface area (Å²) in [6.07, 6.45) is 1.85. The molecule has 20 heavy (non-hydrogen) atoms. The highest BCUT2D eigenvalue weighted by atomic mass is 14.8. The van der Waals surface area contributed by atoms with Crippen molar-refractivity contribution < 1.29 is 0 Å². The van der Waals surface area contributed by atoms with Gasteiger partial charge in [0.2, 0.25) is 0 Å². The Hall–Kier alpha value is -2.22. The third-order valence-electron chi connectivity index (χ3n) is 3.47. The van der Waals surface area contributed by atoms with E-state index in [1.807, 2.05) is 30.5 Å². The molecule has 0 amide bonds. The van der Waals surface area contributed by atoms with Crippen molar-refractivity contribution in [3.8, 4) is 11.3 Å². The number of aromatic nitrogens is 2. The summed E-state index contributed by atoms with van der Waals surface area (Å²) in [5.41, 5.74) is 5.37. The minimum atomic E-state index is 0.139. The van der Waals surface area contributed by atoms with Crippen molar-refractivity contribution in [2.24, 2.45) is 0 Å². The minimum absolute atomic E-state index is 0.139. The first-order chi connectivity index (χ1) is 9.54. The predicted octanol–water partition coefficient (Wildman–Crippen LogP) is 4.59. The molecule has 0 spiro atoms. The molecule has 0 saturated heterocycles. The summed E-state index contributed by atoms with van der Waals surface area (Å²) in [6.45, 7) is 6.66. The third kappa shape index (κ3) is 2.42. The second-order valence-electron chi connectivity index (χ2n) is 6.07. The number of hydrogen-bond acceptors (Lipinski definition) is 2. The molecule has 0 saturated carbocycles. The first kappa shape index (κ1) is 12.8. The second kappa shape index (κ2) is 4.71. The van der Waals surface area contributed by atoms with Gasteiger partial charge in [-0.3, -0.25) is 4.98 Å². The number of rotatable bonds is 1. The average Bonchev–Trinajstić information content (AvgIpc) is 2.46. The van der Waals surface area contributed by atoms with Crippen LogP contribution in [0.15, 0.2) is 54.7 Å². The Balaban J connectivity index is 2.11. The van der Waals surface area contributed by atoms with Crippen LogP contribution >= 0.6 is 0 Å². The molecule has 0 atom stereocenters. The SMILES string of the molecule is CC(C)(C)c1cccc(-c2cnc3ccccc3n2)c1. The standard InChI is InChI=1S/C18H18N2/c1-18(2,3)14-8-6-7-13(11-14)17-12-19-15-9-4-5-10-16(15)20-17/h4-12H,1-3H3. The highest BCUT2D eigenvalue weighted by Crippen LogP contribution is 2.27. The maximum absolute atomic E-state index is 4.71. The quantitative estimate of drug-likeness (QED) is 0.640. The molecule has 3 aromatic rings. The fourth-order valence-corrected chi connectivity index (χ4v) is 2.24. The second-order valence-corrected chi connectivity index (χ2v) is 6.07. The Morgan fingerprint density at radius 2 is 1.60 bits per heavy atom.